The second-order valence-corrected chi connectivity index (χ2v) is 12.2. The summed E-state index contributed by atoms with van der Waals surface area (Å²) in [5.41, 5.74) is 1.98. The normalized spacial score (nSPS) is 19.2. The summed E-state index contributed by atoms with van der Waals surface area (Å²) < 4.78 is 83.3. The van der Waals surface area contributed by atoms with Crippen LogP contribution in [0.4, 0.5) is 22.0 Å². The van der Waals surface area contributed by atoms with E-state index in [1.165, 1.54) is 11.8 Å². The van der Waals surface area contributed by atoms with Gasteiger partial charge < -0.3 is 19.9 Å². The SMILES string of the molecule is C[C@H]1[C@@H](CSc2nnnn2-c2ccccc2)O[C@@H](c2ccc(CNC(=O)c3c(F)c(F)c(F)c(F)c3F)cc2)O[C@H]1c1ccc(CO)cc1. The number of halogens is 5. The molecule has 9 nitrogen and oxygen atoms in total. The average Bonchev–Trinajstić information content (AvgIpc) is 3.61. The van der Waals surface area contributed by atoms with Crippen LogP contribution in [0.5, 0.6) is 0 Å². The van der Waals surface area contributed by atoms with Crippen LogP contribution < -0.4 is 5.32 Å². The van der Waals surface area contributed by atoms with E-state index in [4.69, 9.17) is 9.47 Å². The second kappa shape index (κ2) is 14.8. The molecular weight excluding hydrogens is 669 g/mol. The van der Waals surface area contributed by atoms with E-state index in [-0.39, 0.29) is 25.2 Å². The molecular formula is C34H28F5N5O4S. The number of aliphatic hydroxyl groups excluding tert-OH is 1. The standard InChI is InChI=1S/C34H28F5N5O4S/c1-18-24(17-49-34-41-42-43-44(34)23-5-3-2-4-6-23)47-33(48-31(18)21-11-9-20(16-45)10-12-21)22-13-7-19(8-14-22)15-40-32(46)25-26(35)28(37)30(39)29(38)27(25)36/h2-14,18,24,31,33,45H,15-17H2,1H3,(H,40,46)/t18-,24+,31+,33+/m0/s1. The Morgan fingerprint density at radius 1 is 0.837 bits per heavy atom. The molecule has 1 fully saturated rings. The Morgan fingerprint density at radius 3 is 2.10 bits per heavy atom. The van der Waals surface area contributed by atoms with Crippen molar-refractivity contribution in [1.82, 2.24) is 25.5 Å². The molecule has 5 aromatic rings. The number of rotatable bonds is 10. The van der Waals surface area contributed by atoms with Crippen LogP contribution in [0, 0.1) is 35.0 Å². The highest BCUT2D eigenvalue weighted by Crippen LogP contribution is 2.43. The van der Waals surface area contributed by atoms with Crippen molar-refractivity contribution in [3.63, 3.8) is 0 Å². The van der Waals surface area contributed by atoms with Gasteiger partial charge in [-0.1, -0.05) is 85.4 Å². The maximum absolute atomic E-state index is 14.1. The zero-order chi connectivity index (χ0) is 34.7. The number of thioether (sulfide) groups is 1. The topological polar surface area (TPSA) is 111 Å². The van der Waals surface area contributed by atoms with E-state index in [9.17, 15) is 31.9 Å². The number of aromatic nitrogens is 4. The molecule has 49 heavy (non-hydrogen) atoms. The van der Waals surface area contributed by atoms with Crippen molar-refractivity contribution in [3.8, 4) is 5.69 Å². The van der Waals surface area contributed by atoms with E-state index in [1.807, 2.05) is 61.5 Å². The number of hydrogen-bond acceptors (Lipinski definition) is 8. The summed E-state index contributed by atoms with van der Waals surface area (Å²) in [5, 5.41) is 24.4. The third-order valence-electron chi connectivity index (χ3n) is 8.08. The highest BCUT2D eigenvalue weighted by Gasteiger charge is 2.39. The predicted octanol–water partition coefficient (Wildman–Crippen LogP) is 6.36. The van der Waals surface area contributed by atoms with E-state index < -0.39 is 53.0 Å². The summed E-state index contributed by atoms with van der Waals surface area (Å²) in [4.78, 5) is 12.4. The van der Waals surface area contributed by atoms with Crippen LogP contribution in [0.3, 0.4) is 0 Å². The van der Waals surface area contributed by atoms with Crippen LogP contribution in [-0.2, 0) is 22.6 Å². The maximum Gasteiger partial charge on any atom is 0.257 e. The van der Waals surface area contributed by atoms with Gasteiger partial charge in [0, 0.05) is 23.8 Å². The minimum absolute atomic E-state index is 0.100. The van der Waals surface area contributed by atoms with Crippen LogP contribution in [0.25, 0.3) is 5.69 Å². The molecule has 15 heteroatoms. The molecule has 0 aliphatic carbocycles. The van der Waals surface area contributed by atoms with Gasteiger partial charge in [-0.3, -0.25) is 4.79 Å². The lowest BCUT2D eigenvalue weighted by Crippen LogP contribution is -2.38. The monoisotopic (exact) mass is 697 g/mol. The molecule has 4 aromatic carbocycles. The van der Waals surface area contributed by atoms with Crippen molar-refractivity contribution in [2.45, 2.75) is 43.7 Å². The molecule has 4 atom stereocenters. The number of nitrogens with one attached hydrogen (secondary N) is 1. The number of ether oxygens (including phenoxy) is 2. The van der Waals surface area contributed by atoms with Gasteiger partial charge in [0.1, 0.15) is 5.56 Å². The van der Waals surface area contributed by atoms with Gasteiger partial charge >= 0.3 is 0 Å². The number of para-hydroxylation sites is 1. The van der Waals surface area contributed by atoms with E-state index >= 15 is 0 Å². The van der Waals surface area contributed by atoms with Crippen LogP contribution >= 0.6 is 11.8 Å². The van der Waals surface area contributed by atoms with Crippen molar-refractivity contribution in [2.24, 2.45) is 5.92 Å². The Kier molecular flexibility index (Phi) is 10.3. The first-order chi connectivity index (χ1) is 23.7. The Labute approximate surface area is 281 Å². The number of nitrogens with zero attached hydrogens (tertiary/aromatic N) is 4. The molecule has 2 heterocycles. The molecule has 0 saturated carbocycles. The lowest BCUT2D eigenvalue weighted by atomic mass is 9.91. The van der Waals surface area contributed by atoms with Crippen molar-refractivity contribution in [1.29, 1.82) is 0 Å². The average molecular weight is 698 g/mol. The first-order valence-electron chi connectivity index (χ1n) is 15.0. The first-order valence-corrected chi connectivity index (χ1v) is 16.0. The number of carbonyl (C=O) groups is 1. The number of amides is 1. The summed E-state index contributed by atoms with van der Waals surface area (Å²) in [6.07, 6.45) is -1.57. The summed E-state index contributed by atoms with van der Waals surface area (Å²) in [6, 6.07) is 23.5. The fraction of sp³-hybridized carbons (Fsp3) is 0.235. The first kappa shape index (κ1) is 34.2. The minimum atomic E-state index is -2.35. The molecule has 6 rings (SSSR count). The minimum Gasteiger partial charge on any atom is -0.392 e. The quantitative estimate of drug-likeness (QED) is 0.0751. The molecule has 0 bridgehead atoms. The van der Waals surface area contributed by atoms with Gasteiger partial charge in [0.2, 0.25) is 11.0 Å². The lowest BCUT2D eigenvalue weighted by Gasteiger charge is -2.41. The lowest BCUT2D eigenvalue weighted by molar-refractivity contribution is -0.268. The molecule has 1 aliphatic heterocycles. The van der Waals surface area contributed by atoms with E-state index in [0.29, 0.717) is 22.0 Å². The molecule has 1 aliphatic rings. The van der Waals surface area contributed by atoms with Gasteiger partial charge in [-0.05, 0) is 39.2 Å². The third-order valence-corrected chi connectivity index (χ3v) is 9.09. The zero-order valence-electron chi connectivity index (χ0n) is 25.7. The number of carbonyl (C=O) groups excluding carboxylic acids is 1. The number of benzene rings is 4. The van der Waals surface area contributed by atoms with Gasteiger partial charge in [-0.2, -0.15) is 4.68 Å². The maximum atomic E-state index is 14.1. The number of hydrogen-bond donors (Lipinski definition) is 2. The van der Waals surface area contributed by atoms with Crippen LogP contribution in [-0.4, -0.2) is 43.1 Å². The fourth-order valence-electron chi connectivity index (χ4n) is 5.33. The van der Waals surface area contributed by atoms with Gasteiger partial charge in [-0.25, -0.2) is 22.0 Å². The molecule has 0 spiro atoms. The predicted molar refractivity (Wildman–Crippen MR) is 167 cm³/mol. The Hall–Kier alpha value is -4.70. The molecule has 254 valence electrons. The van der Waals surface area contributed by atoms with Crippen molar-refractivity contribution in [3.05, 3.63) is 136 Å². The molecule has 1 aromatic heterocycles. The van der Waals surface area contributed by atoms with Crippen LogP contribution in [0.15, 0.2) is 84.0 Å². The second-order valence-electron chi connectivity index (χ2n) is 11.2. The molecule has 1 saturated heterocycles. The molecule has 0 unspecified atom stereocenters. The number of tetrazole rings is 1. The van der Waals surface area contributed by atoms with Gasteiger partial charge in [0.25, 0.3) is 5.91 Å². The van der Waals surface area contributed by atoms with Crippen molar-refractivity contribution in [2.75, 3.05) is 5.75 Å². The third kappa shape index (κ3) is 7.20. The summed E-state index contributed by atoms with van der Waals surface area (Å²) >= 11 is 1.43. The van der Waals surface area contributed by atoms with E-state index in [1.54, 1.807) is 28.9 Å². The molecule has 0 radical (unpaired) electrons. The Morgan fingerprint density at radius 2 is 1.45 bits per heavy atom. The highest BCUT2D eigenvalue weighted by molar-refractivity contribution is 7.99. The van der Waals surface area contributed by atoms with Crippen molar-refractivity contribution >= 4 is 17.7 Å². The van der Waals surface area contributed by atoms with Gasteiger partial charge in [0.05, 0.1) is 24.5 Å². The van der Waals surface area contributed by atoms with E-state index in [2.05, 4.69) is 20.8 Å². The summed E-state index contributed by atoms with van der Waals surface area (Å²) in [7, 11) is 0. The molecule has 2 N–H and O–H groups in total. The Bertz CT molecular complexity index is 1900. The molecule has 1 amide bonds. The highest BCUT2D eigenvalue weighted by atomic mass is 32.2. The number of aliphatic hydroxyl groups is 1. The van der Waals surface area contributed by atoms with E-state index in [0.717, 1.165) is 16.8 Å². The van der Waals surface area contributed by atoms with Crippen LogP contribution in [0.2, 0.25) is 0 Å². The van der Waals surface area contributed by atoms with Crippen LogP contribution in [0.1, 0.15) is 51.9 Å². The summed E-state index contributed by atoms with van der Waals surface area (Å²) in [6.45, 7) is 1.65. The Balaban J connectivity index is 1.19. The smallest absolute Gasteiger partial charge is 0.257 e. The van der Waals surface area contributed by atoms with Gasteiger partial charge in [0.15, 0.2) is 29.6 Å². The van der Waals surface area contributed by atoms with Crippen molar-refractivity contribution < 1.29 is 41.3 Å². The van der Waals surface area contributed by atoms with Gasteiger partial charge in [-0.15, -0.1) is 5.10 Å². The zero-order valence-corrected chi connectivity index (χ0v) is 26.5. The summed E-state index contributed by atoms with van der Waals surface area (Å²) in [5.74, 6) is -12.3. The largest absolute Gasteiger partial charge is 0.392 e. The fourth-order valence-corrected chi connectivity index (χ4v) is 6.39.